The second-order valence-electron chi connectivity index (χ2n) is 10.3. The number of benzene rings is 2. The molecular weight excluding hydrogens is 480 g/mol. The Balaban J connectivity index is 1.40. The minimum Gasteiger partial charge on any atom is -0.457 e. The average Bonchev–Trinajstić information content (AvgIpc) is 2.92. The van der Waals surface area contributed by atoms with Gasteiger partial charge in [0.25, 0.3) is 0 Å². The third kappa shape index (κ3) is 6.91. The topological polar surface area (TPSA) is 52.6 Å². The lowest BCUT2D eigenvalue weighted by atomic mass is 9.57. The summed E-state index contributed by atoms with van der Waals surface area (Å²) in [5, 5.41) is 0. The van der Waals surface area contributed by atoms with Gasteiger partial charge in [0.2, 0.25) is 0 Å². The molecular formula is C32H36O4S. The first-order chi connectivity index (χ1) is 17.9. The SMILES string of the molecule is C=C/C(=C/CC(=O)O[C@@H]1C[C@H]2[C@H](C)[C@@H](OCc3ccccc3)CC[C@]2(C)C=C1C=O)Sc1ccccc1. The molecule has 0 bridgehead atoms. The molecule has 2 aliphatic carbocycles. The van der Waals surface area contributed by atoms with Crippen molar-refractivity contribution < 1.29 is 19.1 Å². The van der Waals surface area contributed by atoms with Crippen molar-refractivity contribution in [1.82, 2.24) is 0 Å². The largest absolute Gasteiger partial charge is 0.457 e. The standard InChI is InChI=1S/C32H36O4S/c1-4-26(37-27-13-9-6-10-14-27)15-16-31(34)36-30-19-28-23(2)29(35-22-24-11-7-5-8-12-24)17-18-32(28,3)20-25(30)21-33/h4-15,20-21,23,28-30H,1,16-19,22H2,2-3H3/b26-15-/t23-,28-,29-,30+,32+/m0/s1. The van der Waals surface area contributed by atoms with Gasteiger partial charge in [-0.05, 0) is 54.2 Å². The molecule has 5 heteroatoms. The lowest BCUT2D eigenvalue weighted by Crippen LogP contribution is -2.48. The van der Waals surface area contributed by atoms with Crippen LogP contribution in [-0.4, -0.2) is 24.5 Å². The third-order valence-electron chi connectivity index (χ3n) is 7.74. The molecule has 2 aliphatic rings. The molecule has 4 nitrogen and oxygen atoms in total. The number of fused-ring (bicyclic) bond motifs is 1. The van der Waals surface area contributed by atoms with E-state index in [1.807, 2.05) is 54.6 Å². The number of aldehydes is 1. The maximum atomic E-state index is 12.8. The second kappa shape index (κ2) is 12.6. The van der Waals surface area contributed by atoms with E-state index in [9.17, 15) is 9.59 Å². The van der Waals surface area contributed by atoms with Crippen molar-refractivity contribution in [1.29, 1.82) is 0 Å². The molecule has 0 radical (unpaired) electrons. The summed E-state index contributed by atoms with van der Waals surface area (Å²) in [7, 11) is 0. The number of hydrogen-bond acceptors (Lipinski definition) is 5. The summed E-state index contributed by atoms with van der Waals surface area (Å²) in [6.07, 6.45) is 8.76. The lowest BCUT2D eigenvalue weighted by Gasteiger charge is -2.50. The van der Waals surface area contributed by atoms with Crippen molar-refractivity contribution in [3.8, 4) is 0 Å². The Hall–Kier alpha value is -2.89. The van der Waals surface area contributed by atoms with Gasteiger partial charge >= 0.3 is 5.97 Å². The highest BCUT2D eigenvalue weighted by Gasteiger charge is 2.48. The molecule has 0 aromatic heterocycles. The van der Waals surface area contributed by atoms with Crippen LogP contribution in [0.3, 0.4) is 0 Å². The van der Waals surface area contributed by atoms with Crippen LogP contribution in [0.15, 0.2) is 101 Å². The number of esters is 1. The highest BCUT2D eigenvalue weighted by Crippen LogP contribution is 2.52. The molecule has 4 rings (SSSR count). The predicted molar refractivity (Wildman–Crippen MR) is 149 cm³/mol. The third-order valence-corrected chi connectivity index (χ3v) is 8.82. The Morgan fingerprint density at radius 2 is 1.84 bits per heavy atom. The van der Waals surface area contributed by atoms with E-state index in [2.05, 4.69) is 38.6 Å². The van der Waals surface area contributed by atoms with Crippen LogP contribution < -0.4 is 0 Å². The van der Waals surface area contributed by atoms with Gasteiger partial charge in [0, 0.05) is 15.4 Å². The molecule has 0 heterocycles. The van der Waals surface area contributed by atoms with Crippen LogP contribution in [0.1, 0.15) is 45.1 Å². The van der Waals surface area contributed by atoms with Crippen molar-refractivity contribution in [2.24, 2.45) is 17.3 Å². The van der Waals surface area contributed by atoms with Crippen molar-refractivity contribution in [2.75, 3.05) is 0 Å². The Bertz CT molecular complexity index is 1140. The summed E-state index contributed by atoms with van der Waals surface area (Å²) < 4.78 is 12.2. The summed E-state index contributed by atoms with van der Waals surface area (Å²) in [5.41, 5.74) is 1.64. The average molecular weight is 517 g/mol. The summed E-state index contributed by atoms with van der Waals surface area (Å²) >= 11 is 1.55. The van der Waals surface area contributed by atoms with Gasteiger partial charge in [-0.1, -0.05) is 98.9 Å². The van der Waals surface area contributed by atoms with E-state index in [1.54, 1.807) is 17.8 Å². The van der Waals surface area contributed by atoms with Gasteiger partial charge in [0.05, 0.1) is 19.1 Å². The number of ether oxygens (including phenoxy) is 2. The van der Waals surface area contributed by atoms with E-state index in [-0.39, 0.29) is 35.7 Å². The van der Waals surface area contributed by atoms with Crippen LogP contribution >= 0.6 is 11.8 Å². The van der Waals surface area contributed by atoms with Crippen molar-refractivity contribution in [3.63, 3.8) is 0 Å². The first-order valence-electron chi connectivity index (χ1n) is 13.0. The second-order valence-corrected chi connectivity index (χ2v) is 11.4. The van der Waals surface area contributed by atoms with E-state index in [0.29, 0.717) is 18.6 Å². The normalized spacial score (nSPS) is 27.5. The molecule has 5 atom stereocenters. The molecule has 0 N–H and O–H groups in total. The Morgan fingerprint density at radius 3 is 2.51 bits per heavy atom. The summed E-state index contributed by atoms with van der Waals surface area (Å²) in [6.45, 7) is 8.92. The summed E-state index contributed by atoms with van der Waals surface area (Å²) in [5.74, 6) is 0.203. The van der Waals surface area contributed by atoms with Crippen LogP contribution in [0.25, 0.3) is 0 Å². The summed E-state index contributed by atoms with van der Waals surface area (Å²) in [6, 6.07) is 20.2. The molecule has 1 saturated carbocycles. The molecule has 2 aromatic carbocycles. The van der Waals surface area contributed by atoms with Gasteiger partial charge in [0.15, 0.2) is 0 Å². The van der Waals surface area contributed by atoms with E-state index in [0.717, 1.165) is 28.9 Å². The number of carbonyl (C=O) groups excluding carboxylic acids is 2. The fraction of sp³-hybridized carbons (Fsp3) is 0.375. The van der Waals surface area contributed by atoms with E-state index < -0.39 is 6.10 Å². The van der Waals surface area contributed by atoms with Gasteiger partial charge in [-0.15, -0.1) is 0 Å². The van der Waals surface area contributed by atoms with Crippen LogP contribution in [0.4, 0.5) is 0 Å². The first-order valence-corrected chi connectivity index (χ1v) is 13.8. The number of hydrogen-bond donors (Lipinski definition) is 0. The zero-order valence-electron chi connectivity index (χ0n) is 21.7. The highest BCUT2D eigenvalue weighted by atomic mass is 32.2. The monoisotopic (exact) mass is 516 g/mol. The quantitative estimate of drug-likeness (QED) is 0.143. The minimum atomic E-state index is -0.527. The number of rotatable bonds is 10. The van der Waals surface area contributed by atoms with Crippen molar-refractivity contribution >= 4 is 24.0 Å². The van der Waals surface area contributed by atoms with Gasteiger partial charge in [-0.2, -0.15) is 0 Å². The molecule has 194 valence electrons. The lowest BCUT2D eigenvalue weighted by molar-refractivity contribution is -0.150. The molecule has 0 unspecified atom stereocenters. The molecule has 37 heavy (non-hydrogen) atoms. The van der Waals surface area contributed by atoms with Crippen molar-refractivity contribution in [2.45, 2.75) is 63.2 Å². The van der Waals surface area contributed by atoms with E-state index in [4.69, 9.17) is 9.47 Å². The van der Waals surface area contributed by atoms with E-state index in [1.165, 1.54) is 5.56 Å². The minimum absolute atomic E-state index is 0.104. The number of thioether (sulfide) groups is 1. The summed E-state index contributed by atoms with van der Waals surface area (Å²) in [4.78, 5) is 26.8. The zero-order chi connectivity index (χ0) is 26.3. The van der Waals surface area contributed by atoms with Gasteiger partial charge in [-0.25, -0.2) is 0 Å². The molecule has 0 aliphatic heterocycles. The first kappa shape index (κ1) is 27.2. The molecule has 0 amide bonds. The zero-order valence-corrected chi connectivity index (χ0v) is 22.5. The molecule has 2 aromatic rings. The fourth-order valence-corrected chi connectivity index (χ4v) is 6.50. The van der Waals surface area contributed by atoms with Crippen molar-refractivity contribution in [3.05, 3.63) is 102 Å². The number of carbonyl (C=O) groups is 2. The van der Waals surface area contributed by atoms with Crippen LogP contribution in [0, 0.1) is 17.3 Å². The number of allylic oxidation sites excluding steroid dienone is 2. The van der Waals surface area contributed by atoms with Gasteiger partial charge in [0.1, 0.15) is 12.4 Å². The predicted octanol–water partition coefficient (Wildman–Crippen LogP) is 7.32. The maximum Gasteiger partial charge on any atom is 0.310 e. The molecule has 0 saturated heterocycles. The van der Waals surface area contributed by atoms with E-state index >= 15 is 0 Å². The van der Waals surface area contributed by atoms with Crippen LogP contribution in [-0.2, 0) is 25.7 Å². The maximum absolute atomic E-state index is 12.8. The van der Waals surface area contributed by atoms with Gasteiger partial charge < -0.3 is 9.47 Å². The Morgan fingerprint density at radius 1 is 1.14 bits per heavy atom. The van der Waals surface area contributed by atoms with Gasteiger partial charge in [-0.3, -0.25) is 9.59 Å². The fourth-order valence-electron chi connectivity index (χ4n) is 5.69. The molecule has 0 spiro atoms. The Labute approximate surface area is 224 Å². The van der Waals surface area contributed by atoms with Crippen LogP contribution in [0.2, 0.25) is 0 Å². The smallest absolute Gasteiger partial charge is 0.310 e. The van der Waals surface area contributed by atoms with Crippen LogP contribution in [0.5, 0.6) is 0 Å². The molecule has 1 fully saturated rings. The highest BCUT2D eigenvalue weighted by molar-refractivity contribution is 8.03. The Kier molecular flexibility index (Phi) is 9.23.